The van der Waals surface area contributed by atoms with Crippen molar-refractivity contribution in [2.75, 3.05) is 0 Å². The molecule has 0 saturated carbocycles. The molecule has 0 saturated heterocycles. The highest BCUT2D eigenvalue weighted by Crippen LogP contribution is 2.25. The highest BCUT2D eigenvalue weighted by molar-refractivity contribution is 5.94. The number of pyridine rings is 1. The number of aromatic amines is 1. The molecule has 0 fully saturated rings. The molecule has 30 heavy (non-hydrogen) atoms. The summed E-state index contributed by atoms with van der Waals surface area (Å²) in [5.41, 5.74) is 4.92. The Morgan fingerprint density at radius 1 is 1.17 bits per heavy atom. The molecule has 1 N–H and O–H groups in total. The molecule has 1 aromatic carbocycles. The van der Waals surface area contributed by atoms with E-state index in [0.29, 0.717) is 24.5 Å². The number of fused-ring (bicyclic) bond motifs is 2. The van der Waals surface area contributed by atoms with Crippen molar-refractivity contribution in [2.45, 2.75) is 39.9 Å². The smallest absolute Gasteiger partial charge is 0.275 e. The molecule has 1 unspecified atom stereocenters. The van der Waals surface area contributed by atoms with E-state index in [2.05, 4.69) is 35.1 Å². The Hall–Kier alpha value is -3.61. The van der Waals surface area contributed by atoms with E-state index >= 15 is 0 Å². The highest BCUT2D eigenvalue weighted by atomic mass is 16.2. The van der Waals surface area contributed by atoms with Gasteiger partial charge in [0.25, 0.3) is 11.5 Å². The fraction of sp³-hybridized carbons (Fsp3) is 0.261. The third-order valence-corrected chi connectivity index (χ3v) is 5.87. The van der Waals surface area contributed by atoms with E-state index < -0.39 is 0 Å². The zero-order chi connectivity index (χ0) is 21.0. The SMILES string of the molecule is Cc1ccc2c(CN3C(=O)c4ccc(-n5cnc(C)c5)c(=O)n4CC3C)c[nH]c2c1. The van der Waals surface area contributed by atoms with Crippen LogP contribution in [0.5, 0.6) is 0 Å². The van der Waals surface area contributed by atoms with Crippen molar-refractivity contribution in [1.82, 2.24) is 24.0 Å². The monoisotopic (exact) mass is 401 g/mol. The van der Waals surface area contributed by atoms with Gasteiger partial charge in [-0.3, -0.25) is 9.59 Å². The molecule has 0 aliphatic carbocycles. The van der Waals surface area contributed by atoms with E-state index in [9.17, 15) is 9.59 Å². The number of hydrogen-bond donors (Lipinski definition) is 1. The Bertz CT molecular complexity index is 1340. The van der Waals surface area contributed by atoms with Crippen LogP contribution in [0.3, 0.4) is 0 Å². The minimum atomic E-state index is -0.174. The maximum Gasteiger partial charge on any atom is 0.275 e. The first-order valence-electron chi connectivity index (χ1n) is 10.0. The molecule has 1 atom stereocenters. The second-order valence-corrected chi connectivity index (χ2v) is 8.09. The van der Waals surface area contributed by atoms with Gasteiger partial charge < -0.3 is 19.0 Å². The largest absolute Gasteiger partial charge is 0.361 e. The Kier molecular flexibility index (Phi) is 4.13. The van der Waals surface area contributed by atoms with Crippen LogP contribution in [0, 0.1) is 13.8 Å². The number of aromatic nitrogens is 4. The third-order valence-electron chi connectivity index (χ3n) is 5.87. The molecule has 1 aliphatic heterocycles. The van der Waals surface area contributed by atoms with Crippen LogP contribution in [0.15, 0.2) is 53.8 Å². The van der Waals surface area contributed by atoms with Crippen molar-refractivity contribution in [3.8, 4) is 5.69 Å². The van der Waals surface area contributed by atoms with Crippen molar-refractivity contribution in [3.05, 3.63) is 81.9 Å². The number of H-pyrrole nitrogens is 1. The maximum atomic E-state index is 13.3. The summed E-state index contributed by atoms with van der Waals surface area (Å²) in [6, 6.07) is 9.62. The van der Waals surface area contributed by atoms with Gasteiger partial charge in [-0.15, -0.1) is 0 Å². The van der Waals surface area contributed by atoms with Crippen LogP contribution in [0.2, 0.25) is 0 Å². The van der Waals surface area contributed by atoms with Gasteiger partial charge in [0, 0.05) is 42.4 Å². The van der Waals surface area contributed by atoms with Gasteiger partial charge >= 0.3 is 0 Å². The van der Waals surface area contributed by atoms with Gasteiger partial charge in [-0.1, -0.05) is 12.1 Å². The molecule has 3 aromatic heterocycles. The lowest BCUT2D eigenvalue weighted by molar-refractivity contribution is 0.0591. The molecule has 4 heterocycles. The summed E-state index contributed by atoms with van der Waals surface area (Å²) in [7, 11) is 0. The molecule has 0 radical (unpaired) electrons. The van der Waals surface area contributed by atoms with Crippen molar-refractivity contribution >= 4 is 16.8 Å². The standard InChI is InChI=1S/C23H23N5O2/c1-14-4-5-18-17(9-24-19(18)8-14)12-27-16(3)11-28-21(23(27)30)7-6-20(22(28)29)26-10-15(2)25-13-26/h4-10,13,16,24H,11-12H2,1-3H3. The maximum absolute atomic E-state index is 13.3. The summed E-state index contributed by atoms with van der Waals surface area (Å²) in [6.07, 6.45) is 5.40. The lowest BCUT2D eigenvalue weighted by atomic mass is 10.1. The van der Waals surface area contributed by atoms with Gasteiger partial charge in [0.15, 0.2) is 0 Å². The summed E-state index contributed by atoms with van der Waals surface area (Å²) >= 11 is 0. The minimum Gasteiger partial charge on any atom is -0.361 e. The molecule has 1 amide bonds. The first-order valence-corrected chi connectivity index (χ1v) is 10.0. The van der Waals surface area contributed by atoms with E-state index in [-0.39, 0.29) is 17.5 Å². The molecule has 1 aliphatic rings. The number of aryl methyl sites for hydroxylation is 2. The fourth-order valence-electron chi connectivity index (χ4n) is 4.24. The summed E-state index contributed by atoms with van der Waals surface area (Å²) in [5.74, 6) is -0.124. The quantitative estimate of drug-likeness (QED) is 0.573. The molecule has 0 bridgehead atoms. The van der Waals surface area contributed by atoms with Gasteiger partial charge in [0.1, 0.15) is 11.4 Å². The number of nitrogens with one attached hydrogen (secondary N) is 1. The van der Waals surface area contributed by atoms with Gasteiger partial charge in [-0.25, -0.2) is 4.98 Å². The van der Waals surface area contributed by atoms with Gasteiger partial charge in [0.05, 0.1) is 12.0 Å². The van der Waals surface area contributed by atoms with E-state index in [4.69, 9.17) is 0 Å². The number of rotatable bonds is 3. The predicted molar refractivity (Wildman–Crippen MR) is 115 cm³/mol. The number of hydrogen-bond acceptors (Lipinski definition) is 3. The molecular weight excluding hydrogens is 378 g/mol. The molecule has 0 spiro atoms. The van der Waals surface area contributed by atoms with E-state index in [1.165, 1.54) is 5.56 Å². The van der Waals surface area contributed by atoms with Gasteiger partial charge in [-0.2, -0.15) is 0 Å². The second kappa shape index (κ2) is 6.73. The molecule has 7 nitrogen and oxygen atoms in total. The van der Waals surface area contributed by atoms with E-state index in [1.807, 2.05) is 31.1 Å². The average Bonchev–Trinajstić information content (AvgIpc) is 3.32. The van der Waals surface area contributed by atoms with Crippen molar-refractivity contribution in [2.24, 2.45) is 0 Å². The van der Waals surface area contributed by atoms with Crippen LogP contribution in [0.1, 0.15) is 34.2 Å². The normalized spacial score (nSPS) is 16.3. The lowest BCUT2D eigenvalue weighted by Gasteiger charge is -2.35. The number of benzene rings is 1. The van der Waals surface area contributed by atoms with Gasteiger partial charge in [0.2, 0.25) is 0 Å². The predicted octanol–water partition coefficient (Wildman–Crippen LogP) is 3.18. The van der Waals surface area contributed by atoms with Crippen LogP contribution < -0.4 is 5.56 Å². The zero-order valence-electron chi connectivity index (χ0n) is 17.2. The first-order chi connectivity index (χ1) is 14.4. The second-order valence-electron chi connectivity index (χ2n) is 8.09. The fourth-order valence-corrected chi connectivity index (χ4v) is 4.24. The van der Waals surface area contributed by atoms with Crippen LogP contribution in [0.25, 0.3) is 16.6 Å². The Labute approximate surface area is 173 Å². The van der Waals surface area contributed by atoms with Crippen LogP contribution in [-0.4, -0.2) is 36.0 Å². The molecular formula is C23H23N5O2. The number of imidazole rings is 1. The first kappa shape index (κ1) is 18.4. The summed E-state index contributed by atoms with van der Waals surface area (Å²) in [6.45, 7) is 6.88. The van der Waals surface area contributed by atoms with Crippen LogP contribution in [0.4, 0.5) is 0 Å². The Balaban J connectivity index is 1.50. The zero-order valence-corrected chi connectivity index (χ0v) is 17.2. The van der Waals surface area contributed by atoms with Crippen molar-refractivity contribution in [3.63, 3.8) is 0 Å². The molecule has 4 aromatic rings. The van der Waals surface area contributed by atoms with Gasteiger partial charge in [-0.05, 0) is 50.1 Å². The summed E-state index contributed by atoms with van der Waals surface area (Å²) in [5, 5.41) is 1.12. The number of carbonyl (C=O) groups excluding carboxylic acids is 1. The average molecular weight is 401 g/mol. The molecule has 5 rings (SSSR count). The topological polar surface area (TPSA) is 75.9 Å². The van der Waals surface area contributed by atoms with Crippen molar-refractivity contribution in [1.29, 1.82) is 0 Å². The van der Waals surface area contributed by atoms with E-state index in [1.54, 1.807) is 27.6 Å². The van der Waals surface area contributed by atoms with Crippen molar-refractivity contribution < 1.29 is 4.79 Å². The lowest BCUT2D eigenvalue weighted by Crippen LogP contribution is -2.49. The third kappa shape index (κ3) is 2.85. The number of amides is 1. The number of carbonyl (C=O) groups is 1. The summed E-state index contributed by atoms with van der Waals surface area (Å²) < 4.78 is 3.30. The Morgan fingerprint density at radius 2 is 2.00 bits per heavy atom. The highest BCUT2D eigenvalue weighted by Gasteiger charge is 2.31. The van der Waals surface area contributed by atoms with Crippen LogP contribution in [-0.2, 0) is 13.1 Å². The molecule has 152 valence electrons. The van der Waals surface area contributed by atoms with Crippen LogP contribution >= 0.6 is 0 Å². The minimum absolute atomic E-state index is 0.0992. The number of nitrogens with zero attached hydrogens (tertiary/aromatic N) is 4. The molecule has 7 heteroatoms. The Morgan fingerprint density at radius 3 is 2.77 bits per heavy atom. The summed E-state index contributed by atoms with van der Waals surface area (Å²) in [4.78, 5) is 35.7. The van der Waals surface area contributed by atoms with E-state index in [0.717, 1.165) is 22.2 Å².